The molecule has 0 aliphatic rings. The first-order chi connectivity index (χ1) is 8.77. The summed E-state index contributed by atoms with van der Waals surface area (Å²) in [5.74, 6) is -0.195. The Kier molecular flexibility index (Phi) is 5.20. The van der Waals surface area contributed by atoms with Gasteiger partial charge in [-0.25, -0.2) is 0 Å². The van der Waals surface area contributed by atoms with Crippen LogP contribution >= 0.6 is 11.6 Å². The molecule has 3 N–H and O–H groups in total. The average molecular weight is 284 g/mol. The highest BCUT2D eigenvalue weighted by molar-refractivity contribution is 6.31. The molecule has 106 valence electrons. The first-order valence-electron chi connectivity index (χ1n) is 6.35. The highest BCUT2D eigenvalue weighted by Crippen LogP contribution is 2.28. The summed E-state index contributed by atoms with van der Waals surface area (Å²) in [4.78, 5) is 14.1. The van der Waals surface area contributed by atoms with Gasteiger partial charge in [-0.05, 0) is 31.5 Å². The number of rotatable bonds is 5. The van der Waals surface area contributed by atoms with Crippen molar-refractivity contribution in [1.82, 2.24) is 0 Å². The summed E-state index contributed by atoms with van der Waals surface area (Å²) in [6.45, 7) is 3.74. The fourth-order valence-corrected chi connectivity index (χ4v) is 2.07. The normalized spacial score (nSPS) is 13.8. The van der Waals surface area contributed by atoms with Crippen LogP contribution in [0.2, 0.25) is 5.02 Å². The monoisotopic (exact) mass is 283 g/mol. The number of nitrogens with two attached hydrogens (primary N) is 1. The number of anilines is 2. The number of hydrogen-bond acceptors (Lipinski definition) is 3. The summed E-state index contributed by atoms with van der Waals surface area (Å²) in [7, 11) is 3.82. The van der Waals surface area contributed by atoms with Crippen molar-refractivity contribution in [3.63, 3.8) is 0 Å². The summed E-state index contributed by atoms with van der Waals surface area (Å²) < 4.78 is 0. The quantitative estimate of drug-likeness (QED) is 0.874. The third kappa shape index (κ3) is 4.11. The van der Waals surface area contributed by atoms with E-state index in [9.17, 15) is 4.79 Å². The van der Waals surface area contributed by atoms with Crippen molar-refractivity contribution >= 4 is 28.9 Å². The molecule has 19 heavy (non-hydrogen) atoms. The summed E-state index contributed by atoms with van der Waals surface area (Å²) in [5.41, 5.74) is 6.72. The minimum Gasteiger partial charge on any atom is -0.376 e. The second kappa shape index (κ2) is 6.26. The number of nitrogens with zero attached hydrogens (tertiary/aromatic N) is 1. The second-order valence-electron chi connectivity index (χ2n) is 5.18. The lowest BCUT2D eigenvalue weighted by Gasteiger charge is -2.25. The zero-order valence-corrected chi connectivity index (χ0v) is 12.7. The van der Waals surface area contributed by atoms with Gasteiger partial charge in [0, 0.05) is 19.1 Å². The molecule has 1 rings (SSSR count). The standard InChI is InChI=1S/C14H22ClN3O/c1-5-8-14(2,16)13(19)17-11-9-10(15)6-7-12(11)18(3)4/h6-7,9H,5,8,16H2,1-4H3,(H,17,19). The van der Waals surface area contributed by atoms with Crippen molar-refractivity contribution in [3.05, 3.63) is 23.2 Å². The van der Waals surface area contributed by atoms with Crippen LogP contribution < -0.4 is 16.0 Å². The Morgan fingerprint density at radius 2 is 2.11 bits per heavy atom. The fourth-order valence-electron chi connectivity index (χ4n) is 1.90. The van der Waals surface area contributed by atoms with Gasteiger partial charge in [0.1, 0.15) is 0 Å². The first-order valence-corrected chi connectivity index (χ1v) is 6.73. The second-order valence-corrected chi connectivity index (χ2v) is 5.61. The number of nitrogens with one attached hydrogen (secondary N) is 1. The summed E-state index contributed by atoms with van der Waals surface area (Å²) >= 11 is 5.98. The maximum atomic E-state index is 12.2. The van der Waals surface area contributed by atoms with Gasteiger partial charge in [0.2, 0.25) is 5.91 Å². The van der Waals surface area contributed by atoms with E-state index in [1.807, 2.05) is 32.0 Å². The van der Waals surface area contributed by atoms with E-state index in [0.717, 1.165) is 12.1 Å². The Hall–Kier alpha value is -1.26. The number of amides is 1. The van der Waals surface area contributed by atoms with Gasteiger partial charge in [-0.3, -0.25) is 4.79 Å². The molecule has 0 fully saturated rings. The van der Waals surface area contributed by atoms with Gasteiger partial charge < -0.3 is 16.0 Å². The number of hydrogen-bond donors (Lipinski definition) is 2. The molecule has 0 radical (unpaired) electrons. The minimum absolute atomic E-state index is 0.195. The van der Waals surface area contributed by atoms with E-state index in [0.29, 0.717) is 17.1 Å². The van der Waals surface area contributed by atoms with Gasteiger partial charge in [0.25, 0.3) is 0 Å². The Labute approximate surface area is 119 Å². The van der Waals surface area contributed by atoms with E-state index < -0.39 is 5.54 Å². The van der Waals surface area contributed by atoms with Crippen LogP contribution in [-0.4, -0.2) is 25.5 Å². The number of carbonyl (C=O) groups is 1. The smallest absolute Gasteiger partial charge is 0.244 e. The van der Waals surface area contributed by atoms with Crippen molar-refractivity contribution < 1.29 is 4.79 Å². The molecule has 0 heterocycles. The molecule has 1 atom stereocenters. The van der Waals surface area contributed by atoms with Gasteiger partial charge in [-0.15, -0.1) is 0 Å². The van der Waals surface area contributed by atoms with Crippen LogP contribution in [-0.2, 0) is 4.79 Å². The molecular formula is C14H22ClN3O. The summed E-state index contributed by atoms with van der Waals surface area (Å²) in [5, 5.41) is 3.45. The van der Waals surface area contributed by atoms with Gasteiger partial charge in [-0.2, -0.15) is 0 Å². The largest absolute Gasteiger partial charge is 0.376 e. The molecule has 0 aliphatic heterocycles. The molecular weight excluding hydrogens is 262 g/mol. The number of halogens is 1. The molecule has 0 bridgehead atoms. The van der Waals surface area contributed by atoms with E-state index in [1.165, 1.54) is 0 Å². The lowest BCUT2D eigenvalue weighted by Crippen LogP contribution is -2.48. The first kappa shape index (κ1) is 15.8. The van der Waals surface area contributed by atoms with Crippen LogP contribution in [0.1, 0.15) is 26.7 Å². The van der Waals surface area contributed by atoms with Crippen molar-refractivity contribution in [2.45, 2.75) is 32.2 Å². The average Bonchev–Trinajstić information content (AvgIpc) is 2.28. The Morgan fingerprint density at radius 1 is 1.47 bits per heavy atom. The topological polar surface area (TPSA) is 58.4 Å². The van der Waals surface area contributed by atoms with Crippen LogP contribution in [0.15, 0.2) is 18.2 Å². The van der Waals surface area contributed by atoms with Crippen molar-refractivity contribution in [2.75, 3.05) is 24.3 Å². The summed E-state index contributed by atoms with van der Waals surface area (Å²) in [6.07, 6.45) is 1.49. The Balaban J connectivity index is 2.99. The molecule has 0 aliphatic carbocycles. The zero-order valence-electron chi connectivity index (χ0n) is 12.0. The maximum absolute atomic E-state index is 12.2. The lowest BCUT2D eigenvalue weighted by molar-refractivity contribution is -0.120. The van der Waals surface area contributed by atoms with Crippen LogP contribution in [0.5, 0.6) is 0 Å². The molecule has 0 saturated carbocycles. The van der Waals surface area contributed by atoms with Crippen LogP contribution in [0.25, 0.3) is 0 Å². The van der Waals surface area contributed by atoms with Crippen LogP contribution in [0.3, 0.4) is 0 Å². The van der Waals surface area contributed by atoms with E-state index >= 15 is 0 Å². The molecule has 0 aromatic heterocycles. The fraction of sp³-hybridized carbons (Fsp3) is 0.500. The molecule has 1 aromatic carbocycles. The Bertz CT molecular complexity index is 458. The van der Waals surface area contributed by atoms with E-state index in [-0.39, 0.29) is 5.91 Å². The molecule has 0 spiro atoms. The summed E-state index contributed by atoms with van der Waals surface area (Å²) in [6, 6.07) is 5.39. The van der Waals surface area contributed by atoms with Crippen molar-refractivity contribution in [3.8, 4) is 0 Å². The molecule has 5 heteroatoms. The SMILES string of the molecule is CCCC(C)(N)C(=O)Nc1cc(Cl)ccc1N(C)C. The van der Waals surface area contributed by atoms with Gasteiger partial charge in [-0.1, -0.05) is 24.9 Å². The molecule has 4 nitrogen and oxygen atoms in total. The predicted octanol–water partition coefficient (Wildman–Crippen LogP) is 2.86. The van der Waals surface area contributed by atoms with Crippen LogP contribution in [0, 0.1) is 0 Å². The van der Waals surface area contributed by atoms with Gasteiger partial charge in [0.15, 0.2) is 0 Å². The van der Waals surface area contributed by atoms with Crippen molar-refractivity contribution in [2.24, 2.45) is 5.73 Å². The Morgan fingerprint density at radius 3 is 2.63 bits per heavy atom. The van der Waals surface area contributed by atoms with Gasteiger partial charge >= 0.3 is 0 Å². The number of carbonyl (C=O) groups excluding carboxylic acids is 1. The third-order valence-electron chi connectivity index (χ3n) is 2.98. The predicted molar refractivity (Wildman–Crippen MR) is 81.9 cm³/mol. The van der Waals surface area contributed by atoms with E-state index in [2.05, 4.69) is 5.32 Å². The molecule has 1 amide bonds. The molecule has 1 unspecified atom stereocenters. The van der Waals surface area contributed by atoms with E-state index in [4.69, 9.17) is 17.3 Å². The maximum Gasteiger partial charge on any atom is 0.244 e. The van der Waals surface area contributed by atoms with Gasteiger partial charge in [0.05, 0.1) is 16.9 Å². The van der Waals surface area contributed by atoms with Crippen LogP contribution in [0.4, 0.5) is 11.4 Å². The van der Waals surface area contributed by atoms with E-state index in [1.54, 1.807) is 19.1 Å². The molecule has 1 aromatic rings. The highest BCUT2D eigenvalue weighted by Gasteiger charge is 2.27. The third-order valence-corrected chi connectivity index (χ3v) is 3.21. The molecule has 0 saturated heterocycles. The lowest BCUT2D eigenvalue weighted by atomic mass is 9.96. The number of benzene rings is 1. The zero-order chi connectivity index (χ0) is 14.6. The minimum atomic E-state index is -0.874. The van der Waals surface area contributed by atoms with Crippen molar-refractivity contribution in [1.29, 1.82) is 0 Å². The highest BCUT2D eigenvalue weighted by atomic mass is 35.5.